The van der Waals surface area contributed by atoms with Gasteiger partial charge in [-0.1, -0.05) is 35.6 Å². The van der Waals surface area contributed by atoms with Crippen LogP contribution >= 0.6 is 0 Å². The Kier molecular flexibility index (Phi) is 9.72. The molecule has 8 nitrogen and oxygen atoms in total. The molecule has 0 saturated carbocycles. The van der Waals surface area contributed by atoms with Gasteiger partial charge >= 0.3 is 11.9 Å². The van der Waals surface area contributed by atoms with Crippen LogP contribution in [-0.2, 0) is 29.1 Å². The molecular formula is C29H37NO7S. The van der Waals surface area contributed by atoms with Crippen molar-refractivity contribution < 1.29 is 32.2 Å². The summed E-state index contributed by atoms with van der Waals surface area (Å²) in [6.45, 7) is 13.5. The Balaban J connectivity index is 2.77. The first-order valence-corrected chi connectivity index (χ1v) is 13.6. The second-order valence-electron chi connectivity index (χ2n) is 10.8. The third kappa shape index (κ3) is 9.17. The number of carbonyl (C=O) groups excluding carboxylic acids is 2. The highest BCUT2D eigenvalue weighted by Gasteiger charge is 2.32. The van der Waals surface area contributed by atoms with E-state index in [4.69, 9.17) is 14.2 Å². The van der Waals surface area contributed by atoms with Crippen LogP contribution < -0.4 is 9.46 Å². The zero-order valence-corrected chi connectivity index (χ0v) is 24.3. The molecule has 0 aliphatic carbocycles. The molecular weight excluding hydrogens is 506 g/mol. The SMILES string of the molecule is COc1ccc(S(=O)(=O)N[C@@H](C(=C=C(C)C(=O)OC(C)(C)C)C(=O)OC(C)(C)C)c2cccc(C)c2)cc1. The molecule has 0 heterocycles. The molecule has 9 heteroatoms. The number of benzene rings is 2. The molecule has 1 N–H and O–H groups in total. The van der Waals surface area contributed by atoms with E-state index >= 15 is 0 Å². The van der Waals surface area contributed by atoms with Gasteiger partial charge in [0.25, 0.3) is 0 Å². The molecule has 0 radical (unpaired) electrons. The van der Waals surface area contributed by atoms with E-state index in [1.807, 2.05) is 13.0 Å². The molecule has 0 aromatic heterocycles. The minimum Gasteiger partial charge on any atom is -0.497 e. The average Bonchev–Trinajstić information content (AvgIpc) is 2.78. The van der Waals surface area contributed by atoms with Crippen molar-refractivity contribution in [3.05, 3.63) is 76.5 Å². The molecule has 1 atom stereocenters. The van der Waals surface area contributed by atoms with Crippen LogP contribution in [0.25, 0.3) is 0 Å². The number of ether oxygens (including phenoxy) is 3. The van der Waals surface area contributed by atoms with Crippen LogP contribution in [0.3, 0.4) is 0 Å². The molecule has 206 valence electrons. The van der Waals surface area contributed by atoms with Crippen molar-refractivity contribution in [3.63, 3.8) is 0 Å². The summed E-state index contributed by atoms with van der Waals surface area (Å²) in [7, 11) is -2.67. The topological polar surface area (TPSA) is 108 Å². The van der Waals surface area contributed by atoms with E-state index in [0.717, 1.165) is 5.56 Å². The number of methoxy groups -OCH3 is 1. The van der Waals surface area contributed by atoms with E-state index in [0.29, 0.717) is 11.3 Å². The van der Waals surface area contributed by atoms with Crippen LogP contribution in [0.4, 0.5) is 0 Å². The van der Waals surface area contributed by atoms with Gasteiger partial charge in [0.05, 0.1) is 23.6 Å². The summed E-state index contributed by atoms with van der Waals surface area (Å²) in [4.78, 5) is 26.2. The predicted molar refractivity (Wildman–Crippen MR) is 145 cm³/mol. The van der Waals surface area contributed by atoms with E-state index in [1.165, 1.54) is 38.3 Å². The normalized spacial score (nSPS) is 12.7. The van der Waals surface area contributed by atoms with Crippen LogP contribution in [0.5, 0.6) is 5.75 Å². The van der Waals surface area contributed by atoms with Gasteiger partial charge in [-0.15, -0.1) is 0 Å². The molecule has 0 amide bonds. The number of esters is 2. The van der Waals surface area contributed by atoms with Crippen molar-refractivity contribution in [2.45, 2.75) is 77.5 Å². The average molecular weight is 544 g/mol. The van der Waals surface area contributed by atoms with Crippen LogP contribution in [0.1, 0.15) is 65.6 Å². The highest BCUT2D eigenvalue weighted by atomic mass is 32.2. The van der Waals surface area contributed by atoms with Gasteiger partial charge in [-0.05, 0) is 85.2 Å². The highest BCUT2D eigenvalue weighted by Crippen LogP contribution is 2.28. The van der Waals surface area contributed by atoms with Crippen molar-refractivity contribution in [3.8, 4) is 5.75 Å². The van der Waals surface area contributed by atoms with Gasteiger partial charge < -0.3 is 14.2 Å². The lowest BCUT2D eigenvalue weighted by atomic mass is 9.97. The van der Waals surface area contributed by atoms with Gasteiger partial charge in [0.1, 0.15) is 22.5 Å². The Morgan fingerprint density at radius 3 is 1.95 bits per heavy atom. The number of carbonyl (C=O) groups is 2. The minimum absolute atomic E-state index is 0.0120. The smallest absolute Gasteiger partial charge is 0.344 e. The van der Waals surface area contributed by atoms with Crippen LogP contribution in [0.15, 0.2) is 70.3 Å². The fraction of sp³-hybridized carbons (Fsp3) is 0.414. The summed E-state index contributed by atoms with van der Waals surface area (Å²) in [5.41, 5.74) is 2.24. The second-order valence-corrected chi connectivity index (χ2v) is 12.5. The van der Waals surface area contributed by atoms with Gasteiger partial charge in [-0.25, -0.2) is 18.0 Å². The molecule has 0 fully saturated rings. The summed E-state index contributed by atoms with van der Waals surface area (Å²) < 4.78 is 45.7. The lowest BCUT2D eigenvalue weighted by Gasteiger charge is -2.25. The minimum atomic E-state index is -4.15. The van der Waals surface area contributed by atoms with Gasteiger partial charge in [0, 0.05) is 0 Å². The van der Waals surface area contributed by atoms with Crippen molar-refractivity contribution in [2.75, 3.05) is 7.11 Å². The van der Waals surface area contributed by atoms with Crippen LogP contribution in [0, 0.1) is 6.92 Å². The Hall–Kier alpha value is -3.39. The van der Waals surface area contributed by atoms with Gasteiger partial charge in [-0.2, -0.15) is 4.72 Å². The first kappa shape index (κ1) is 30.8. The van der Waals surface area contributed by atoms with E-state index in [2.05, 4.69) is 10.5 Å². The van der Waals surface area contributed by atoms with E-state index in [9.17, 15) is 18.0 Å². The highest BCUT2D eigenvalue weighted by molar-refractivity contribution is 7.89. The Morgan fingerprint density at radius 2 is 1.45 bits per heavy atom. The standard InChI is InChI=1S/C29H37NO7S/c1-19-11-10-12-21(17-19)25(30-38(33,34)23-15-13-22(35-9)14-16-23)24(27(32)37-29(6,7)8)18-20(2)26(31)36-28(3,4)5/h10-17,25,30H,1-9H3/t18?,25-/m1/s1. The molecule has 2 aromatic carbocycles. The number of nitrogens with one attached hydrogen (secondary N) is 1. The predicted octanol–water partition coefficient (Wildman–Crippen LogP) is 5.18. The lowest BCUT2D eigenvalue weighted by Crippen LogP contribution is -2.34. The largest absolute Gasteiger partial charge is 0.497 e. The number of sulfonamides is 1. The third-order valence-electron chi connectivity index (χ3n) is 4.95. The molecule has 0 unspecified atom stereocenters. The van der Waals surface area contributed by atoms with E-state index in [1.54, 1.807) is 59.7 Å². The Bertz CT molecular complexity index is 1340. The molecule has 38 heavy (non-hydrogen) atoms. The van der Waals surface area contributed by atoms with E-state index in [-0.39, 0.29) is 16.0 Å². The zero-order chi connectivity index (χ0) is 28.9. The Morgan fingerprint density at radius 1 is 0.895 bits per heavy atom. The molecule has 2 rings (SSSR count). The zero-order valence-electron chi connectivity index (χ0n) is 23.5. The first-order chi connectivity index (χ1) is 17.4. The number of rotatable bonds is 8. The van der Waals surface area contributed by atoms with E-state index < -0.39 is 39.2 Å². The van der Waals surface area contributed by atoms with Crippen molar-refractivity contribution in [2.24, 2.45) is 0 Å². The summed E-state index contributed by atoms with van der Waals surface area (Å²) in [5, 5.41) is 0. The lowest BCUT2D eigenvalue weighted by molar-refractivity contribution is -0.150. The van der Waals surface area contributed by atoms with Crippen molar-refractivity contribution in [1.29, 1.82) is 0 Å². The molecule has 0 aliphatic heterocycles. The number of aryl methyl sites for hydroxylation is 1. The van der Waals surface area contributed by atoms with Gasteiger partial charge in [0.2, 0.25) is 10.0 Å². The molecule has 0 saturated heterocycles. The first-order valence-electron chi connectivity index (χ1n) is 12.1. The monoisotopic (exact) mass is 543 g/mol. The Labute approximate surface area is 225 Å². The molecule has 0 aliphatic rings. The maximum absolute atomic E-state index is 13.5. The fourth-order valence-electron chi connectivity index (χ4n) is 3.30. The summed E-state index contributed by atoms with van der Waals surface area (Å²) >= 11 is 0. The number of hydrogen-bond acceptors (Lipinski definition) is 7. The van der Waals surface area contributed by atoms with Crippen LogP contribution in [-0.4, -0.2) is 38.7 Å². The van der Waals surface area contributed by atoms with Crippen molar-refractivity contribution >= 4 is 22.0 Å². The molecule has 0 bridgehead atoms. The summed E-state index contributed by atoms with van der Waals surface area (Å²) in [6.07, 6.45) is 0. The second kappa shape index (κ2) is 12.0. The maximum Gasteiger partial charge on any atom is 0.344 e. The summed E-state index contributed by atoms with van der Waals surface area (Å²) in [6, 6.07) is 11.6. The third-order valence-corrected chi connectivity index (χ3v) is 6.39. The molecule has 0 spiro atoms. The van der Waals surface area contributed by atoms with Crippen LogP contribution in [0.2, 0.25) is 0 Å². The molecule has 2 aromatic rings. The number of hydrogen-bond donors (Lipinski definition) is 1. The summed E-state index contributed by atoms with van der Waals surface area (Å²) in [5.74, 6) is -1.03. The van der Waals surface area contributed by atoms with Crippen molar-refractivity contribution in [1.82, 2.24) is 4.72 Å². The quantitative estimate of drug-likeness (QED) is 0.278. The fourth-order valence-corrected chi connectivity index (χ4v) is 4.50. The van der Waals surface area contributed by atoms with Gasteiger partial charge in [-0.3, -0.25) is 0 Å². The van der Waals surface area contributed by atoms with Gasteiger partial charge in [0.15, 0.2) is 0 Å². The maximum atomic E-state index is 13.5.